The van der Waals surface area contributed by atoms with Gasteiger partial charge in [-0.2, -0.15) is 0 Å². The molecule has 1 heterocycles. The van der Waals surface area contributed by atoms with Crippen LogP contribution in [0.5, 0.6) is 0 Å². The molecule has 3 aliphatic rings. The molecule has 1 atom stereocenters. The number of carbonyl (C=O) groups is 2. The number of carbonyl (C=O) groups excluding carboxylic acids is 2. The van der Waals surface area contributed by atoms with Gasteiger partial charge in [-0.25, -0.2) is 4.79 Å². The summed E-state index contributed by atoms with van der Waals surface area (Å²) in [7, 11) is 1.36. The first kappa shape index (κ1) is 13.1. The standard InChI is InChI=1S/C16H16ClNO3/c1-21-14(19)13-5-11-9(3-2-4-12(11)17)8-18(13)15(20)16-6-10(16)7-16/h2-4,10,13H,5-8H2,1H3/t10?,13-,16?/m0/s1. The number of methoxy groups -OCH3 is 1. The fourth-order valence-electron chi connectivity index (χ4n) is 3.47. The number of ether oxygens (including phenoxy) is 1. The van der Waals surface area contributed by atoms with Crippen LogP contribution in [-0.2, 0) is 27.3 Å². The number of fused-ring (bicyclic) bond motifs is 2. The lowest BCUT2D eigenvalue weighted by Gasteiger charge is -2.36. The predicted molar refractivity (Wildman–Crippen MR) is 76.7 cm³/mol. The second kappa shape index (κ2) is 4.23. The van der Waals surface area contributed by atoms with E-state index >= 15 is 0 Å². The lowest BCUT2D eigenvalue weighted by Crippen LogP contribution is -2.50. The van der Waals surface area contributed by atoms with Gasteiger partial charge in [0.15, 0.2) is 0 Å². The van der Waals surface area contributed by atoms with Crippen molar-refractivity contribution in [3.63, 3.8) is 0 Å². The molecule has 110 valence electrons. The Balaban J connectivity index is 1.70. The van der Waals surface area contributed by atoms with Crippen molar-refractivity contribution in [3.8, 4) is 0 Å². The molecule has 2 saturated carbocycles. The second-order valence-corrected chi connectivity index (χ2v) is 6.72. The van der Waals surface area contributed by atoms with E-state index in [9.17, 15) is 9.59 Å². The summed E-state index contributed by atoms with van der Waals surface area (Å²) < 4.78 is 4.90. The largest absolute Gasteiger partial charge is 0.467 e. The van der Waals surface area contributed by atoms with Crippen molar-refractivity contribution in [2.45, 2.75) is 31.8 Å². The van der Waals surface area contributed by atoms with Gasteiger partial charge in [-0.05, 0) is 36.0 Å². The third-order valence-corrected chi connectivity index (χ3v) is 5.53. The number of amides is 1. The van der Waals surface area contributed by atoms with Gasteiger partial charge in [0, 0.05) is 18.0 Å². The minimum absolute atomic E-state index is 0.119. The molecule has 1 aromatic carbocycles. The molecule has 1 amide bonds. The van der Waals surface area contributed by atoms with Crippen molar-refractivity contribution in [3.05, 3.63) is 34.3 Å². The van der Waals surface area contributed by atoms with E-state index in [0.29, 0.717) is 23.9 Å². The summed E-state index contributed by atoms with van der Waals surface area (Å²) in [5.41, 5.74) is 1.85. The van der Waals surface area contributed by atoms with E-state index in [1.165, 1.54) is 7.11 Å². The highest BCUT2D eigenvalue weighted by Gasteiger charge is 2.75. The zero-order valence-corrected chi connectivity index (χ0v) is 12.5. The zero-order chi connectivity index (χ0) is 14.8. The Labute approximate surface area is 128 Å². The SMILES string of the molecule is COC(=O)[C@@H]1Cc2c(Cl)cccc2CN1C(=O)C12CC1C2. The molecule has 4 rings (SSSR count). The van der Waals surface area contributed by atoms with E-state index in [-0.39, 0.29) is 17.3 Å². The Morgan fingerprint density at radius 2 is 2.10 bits per heavy atom. The predicted octanol–water partition coefficient (Wildman–Crippen LogP) is 2.18. The molecule has 2 aliphatic carbocycles. The Bertz CT molecular complexity index is 651. The first-order chi connectivity index (χ1) is 10.1. The van der Waals surface area contributed by atoms with Gasteiger partial charge in [0.1, 0.15) is 6.04 Å². The van der Waals surface area contributed by atoms with E-state index in [0.717, 1.165) is 24.0 Å². The van der Waals surface area contributed by atoms with Gasteiger partial charge < -0.3 is 9.64 Å². The molecule has 0 spiro atoms. The van der Waals surface area contributed by atoms with Crippen molar-refractivity contribution in [2.24, 2.45) is 11.3 Å². The number of hydrogen-bond acceptors (Lipinski definition) is 3. The van der Waals surface area contributed by atoms with E-state index < -0.39 is 6.04 Å². The van der Waals surface area contributed by atoms with Crippen LogP contribution < -0.4 is 0 Å². The van der Waals surface area contributed by atoms with Crippen LogP contribution in [-0.4, -0.2) is 29.9 Å². The summed E-state index contributed by atoms with van der Waals surface area (Å²) in [6, 6.07) is 5.13. The first-order valence-corrected chi connectivity index (χ1v) is 7.60. The number of esters is 1. The van der Waals surface area contributed by atoms with Gasteiger partial charge in [0.05, 0.1) is 12.5 Å². The molecule has 0 unspecified atom stereocenters. The Kier molecular flexibility index (Phi) is 2.65. The average molecular weight is 306 g/mol. The molecule has 0 radical (unpaired) electrons. The van der Waals surface area contributed by atoms with Gasteiger partial charge >= 0.3 is 5.97 Å². The Hall–Kier alpha value is -1.55. The number of hydrogen-bond donors (Lipinski definition) is 0. The molecule has 0 bridgehead atoms. The summed E-state index contributed by atoms with van der Waals surface area (Å²) >= 11 is 6.24. The van der Waals surface area contributed by atoms with Crippen molar-refractivity contribution in [1.82, 2.24) is 4.90 Å². The summed E-state index contributed by atoms with van der Waals surface area (Å²) in [6.45, 7) is 0.447. The zero-order valence-electron chi connectivity index (χ0n) is 11.8. The smallest absolute Gasteiger partial charge is 0.328 e. The molecule has 4 nitrogen and oxygen atoms in total. The molecule has 1 aromatic rings. The normalized spacial score (nSPS) is 32.0. The third-order valence-electron chi connectivity index (χ3n) is 5.17. The number of rotatable bonds is 2. The summed E-state index contributed by atoms with van der Waals surface area (Å²) in [4.78, 5) is 26.5. The summed E-state index contributed by atoms with van der Waals surface area (Å²) in [6.07, 6.45) is 2.41. The second-order valence-electron chi connectivity index (χ2n) is 6.31. The Morgan fingerprint density at radius 3 is 2.71 bits per heavy atom. The average Bonchev–Trinajstić information content (AvgIpc) is 3.34. The van der Waals surface area contributed by atoms with E-state index in [1.807, 2.05) is 18.2 Å². The lowest BCUT2D eigenvalue weighted by atomic mass is 9.93. The van der Waals surface area contributed by atoms with E-state index in [4.69, 9.17) is 16.3 Å². The summed E-state index contributed by atoms with van der Waals surface area (Å²) in [5.74, 6) is 0.320. The maximum absolute atomic E-state index is 12.7. The quantitative estimate of drug-likeness (QED) is 0.787. The molecule has 0 saturated heterocycles. The molecular formula is C16H16ClNO3. The topological polar surface area (TPSA) is 46.6 Å². The Morgan fingerprint density at radius 1 is 1.38 bits per heavy atom. The molecular weight excluding hydrogens is 290 g/mol. The molecule has 1 aliphatic heterocycles. The van der Waals surface area contributed by atoms with Crippen LogP contribution in [0.4, 0.5) is 0 Å². The number of nitrogens with zero attached hydrogens (tertiary/aromatic N) is 1. The maximum Gasteiger partial charge on any atom is 0.328 e. The molecule has 0 aromatic heterocycles. The van der Waals surface area contributed by atoms with Gasteiger partial charge in [-0.1, -0.05) is 23.7 Å². The molecule has 21 heavy (non-hydrogen) atoms. The van der Waals surface area contributed by atoms with E-state index in [2.05, 4.69) is 0 Å². The van der Waals surface area contributed by atoms with Crippen LogP contribution >= 0.6 is 11.6 Å². The van der Waals surface area contributed by atoms with Crippen LogP contribution in [0.25, 0.3) is 0 Å². The minimum atomic E-state index is -0.550. The first-order valence-electron chi connectivity index (χ1n) is 7.22. The van der Waals surface area contributed by atoms with Gasteiger partial charge in [0.25, 0.3) is 0 Å². The summed E-state index contributed by atoms with van der Waals surface area (Å²) in [5, 5.41) is 0.655. The van der Waals surface area contributed by atoms with Crippen LogP contribution in [0.15, 0.2) is 18.2 Å². The van der Waals surface area contributed by atoms with Crippen LogP contribution in [0, 0.1) is 11.3 Å². The highest BCUT2D eigenvalue weighted by Crippen LogP contribution is 2.76. The monoisotopic (exact) mass is 305 g/mol. The van der Waals surface area contributed by atoms with Gasteiger partial charge in [-0.3, -0.25) is 4.79 Å². The number of halogens is 1. The molecule has 0 N–H and O–H groups in total. The highest BCUT2D eigenvalue weighted by atomic mass is 35.5. The van der Waals surface area contributed by atoms with Crippen LogP contribution in [0.2, 0.25) is 5.02 Å². The fraction of sp³-hybridized carbons (Fsp3) is 0.500. The lowest BCUT2D eigenvalue weighted by molar-refractivity contribution is -0.155. The van der Waals surface area contributed by atoms with Crippen molar-refractivity contribution in [2.75, 3.05) is 7.11 Å². The van der Waals surface area contributed by atoms with Gasteiger partial charge in [-0.15, -0.1) is 0 Å². The van der Waals surface area contributed by atoms with Crippen LogP contribution in [0.3, 0.4) is 0 Å². The highest BCUT2D eigenvalue weighted by molar-refractivity contribution is 6.31. The number of benzene rings is 1. The van der Waals surface area contributed by atoms with Crippen molar-refractivity contribution >= 4 is 23.5 Å². The maximum atomic E-state index is 12.7. The minimum Gasteiger partial charge on any atom is -0.467 e. The van der Waals surface area contributed by atoms with Crippen molar-refractivity contribution < 1.29 is 14.3 Å². The van der Waals surface area contributed by atoms with Crippen LogP contribution in [0.1, 0.15) is 24.0 Å². The fourth-order valence-corrected chi connectivity index (χ4v) is 3.75. The molecule has 2 fully saturated rings. The van der Waals surface area contributed by atoms with E-state index in [1.54, 1.807) is 4.90 Å². The van der Waals surface area contributed by atoms with Crippen molar-refractivity contribution in [1.29, 1.82) is 0 Å². The molecule has 5 heteroatoms. The third kappa shape index (κ3) is 1.81. The van der Waals surface area contributed by atoms with Gasteiger partial charge in [0.2, 0.25) is 5.91 Å².